The fourth-order valence-corrected chi connectivity index (χ4v) is 6.33. The molecule has 12 heteroatoms. The van der Waals surface area contributed by atoms with Crippen LogP contribution in [-0.4, -0.2) is 97.0 Å². The third kappa shape index (κ3) is 7.89. The van der Waals surface area contributed by atoms with Crippen LogP contribution in [0, 0.1) is 0 Å². The van der Waals surface area contributed by atoms with Gasteiger partial charge >= 0.3 is 6.03 Å². The topological polar surface area (TPSA) is 126 Å². The average molecular weight is 515 g/mol. The Hall–Kier alpha value is -1.76. The Morgan fingerprint density at radius 1 is 1.18 bits per heavy atom. The number of ether oxygens (including phenoxy) is 2. The van der Waals surface area contributed by atoms with E-state index in [1.807, 2.05) is 18.7 Å². The molecule has 3 atom stereocenters. The summed E-state index contributed by atoms with van der Waals surface area (Å²) in [6.45, 7) is 3.99. The first-order chi connectivity index (χ1) is 16.5. The Balaban J connectivity index is 1.11. The van der Waals surface area contributed by atoms with Crippen molar-refractivity contribution < 1.29 is 28.7 Å². The highest BCUT2D eigenvalue weighted by Crippen LogP contribution is 2.33. The van der Waals surface area contributed by atoms with Crippen LogP contribution in [0.25, 0.3) is 0 Å². The Labute approximate surface area is 208 Å². The highest BCUT2D eigenvalue weighted by atomic mass is 32.2. The third-order valence-electron chi connectivity index (χ3n) is 5.76. The van der Waals surface area contributed by atoms with Gasteiger partial charge in [0.25, 0.3) is 11.8 Å². The molecule has 3 aliphatic heterocycles. The van der Waals surface area contributed by atoms with Crippen molar-refractivity contribution in [2.75, 3.05) is 51.0 Å². The summed E-state index contributed by atoms with van der Waals surface area (Å²) in [5, 5.41) is 9.20. The molecule has 3 aliphatic rings. The van der Waals surface area contributed by atoms with Crippen molar-refractivity contribution in [3.63, 3.8) is 0 Å². The minimum Gasteiger partial charge on any atom is -0.377 e. The Morgan fingerprint density at radius 3 is 2.76 bits per heavy atom. The van der Waals surface area contributed by atoms with Crippen molar-refractivity contribution in [1.29, 1.82) is 0 Å². The second-order valence-electron chi connectivity index (χ2n) is 8.18. The lowest BCUT2D eigenvalue weighted by molar-refractivity contribution is -0.137. The van der Waals surface area contributed by atoms with Crippen molar-refractivity contribution in [2.45, 2.75) is 49.9 Å². The molecule has 3 N–H and O–H groups in total. The Morgan fingerprint density at radius 2 is 1.97 bits per heavy atom. The van der Waals surface area contributed by atoms with Gasteiger partial charge in [0.1, 0.15) is 0 Å². The summed E-state index contributed by atoms with van der Waals surface area (Å²) in [4.78, 5) is 49.0. The van der Waals surface area contributed by atoms with Gasteiger partial charge in [-0.2, -0.15) is 11.8 Å². The Bertz CT molecular complexity index is 780. The van der Waals surface area contributed by atoms with Crippen LogP contribution in [0.1, 0.15) is 32.6 Å². The van der Waals surface area contributed by atoms with E-state index in [0.29, 0.717) is 42.9 Å². The van der Waals surface area contributed by atoms with Gasteiger partial charge in [0.15, 0.2) is 0 Å². The number of hydrogen-bond acceptors (Lipinski definition) is 8. The lowest BCUT2D eigenvalue weighted by Crippen LogP contribution is -2.36. The van der Waals surface area contributed by atoms with E-state index in [4.69, 9.17) is 9.47 Å². The zero-order chi connectivity index (χ0) is 24.3. The summed E-state index contributed by atoms with van der Waals surface area (Å²) in [5.41, 5.74) is 0. The Kier molecular flexibility index (Phi) is 11.0. The predicted molar refractivity (Wildman–Crippen MR) is 132 cm³/mol. The summed E-state index contributed by atoms with van der Waals surface area (Å²) in [6.07, 6.45) is 4.65. The van der Waals surface area contributed by atoms with E-state index >= 15 is 0 Å². The maximum absolute atomic E-state index is 12.1. The molecule has 0 aromatic rings. The largest absolute Gasteiger partial charge is 0.377 e. The molecule has 0 aromatic heterocycles. The number of amides is 5. The van der Waals surface area contributed by atoms with Gasteiger partial charge in [-0.1, -0.05) is 13.3 Å². The lowest BCUT2D eigenvalue weighted by Gasteiger charge is -2.16. The number of imide groups is 1. The van der Waals surface area contributed by atoms with Crippen LogP contribution in [0.2, 0.25) is 0 Å². The molecule has 190 valence electrons. The first kappa shape index (κ1) is 26.8. The van der Waals surface area contributed by atoms with Gasteiger partial charge in [-0.25, -0.2) is 4.79 Å². The van der Waals surface area contributed by atoms with Crippen LogP contribution < -0.4 is 16.0 Å². The normalized spacial score (nSPS) is 23.7. The number of unbranched alkanes of at least 4 members (excludes halogenated alkanes) is 1. The number of fused-ring (bicyclic) bond motifs is 1. The maximum atomic E-state index is 12.1. The minimum absolute atomic E-state index is 0.0156. The molecule has 1 unspecified atom stereocenters. The van der Waals surface area contributed by atoms with Crippen molar-refractivity contribution >= 4 is 47.3 Å². The molecule has 34 heavy (non-hydrogen) atoms. The molecule has 10 nitrogen and oxygen atoms in total. The zero-order valence-corrected chi connectivity index (χ0v) is 21.1. The number of nitrogens with zero attached hydrogens (tertiary/aromatic N) is 1. The second-order valence-corrected chi connectivity index (χ2v) is 10.8. The second kappa shape index (κ2) is 14.0. The molecule has 0 bridgehead atoms. The van der Waals surface area contributed by atoms with Crippen molar-refractivity contribution in [3.05, 3.63) is 11.0 Å². The van der Waals surface area contributed by atoms with Gasteiger partial charge in [0.2, 0.25) is 5.91 Å². The molecule has 2 fully saturated rings. The zero-order valence-electron chi connectivity index (χ0n) is 19.5. The molecule has 5 amide bonds. The van der Waals surface area contributed by atoms with Crippen LogP contribution in [-0.2, 0) is 23.9 Å². The summed E-state index contributed by atoms with van der Waals surface area (Å²) in [6, 6.07) is 0.388. The maximum Gasteiger partial charge on any atom is 0.315 e. The highest BCUT2D eigenvalue weighted by molar-refractivity contribution is 8.04. The molecule has 2 saturated heterocycles. The van der Waals surface area contributed by atoms with Crippen molar-refractivity contribution in [2.24, 2.45) is 0 Å². The number of nitrogens with one attached hydrogen (secondary N) is 3. The smallest absolute Gasteiger partial charge is 0.315 e. The number of thioether (sulfide) groups is 2. The van der Waals surface area contributed by atoms with Crippen LogP contribution in [0.15, 0.2) is 11.0 Å². The highest BCUT2D eigenvalue weighted by Gasteiger charge is 2.42. The molecule has 0 aromatic carbocycles. The molecule has 0 aliphatic carbocycles. The number of urea groups is 1. The monoisotopic (exact) mass is 514 g/mol. The first-order valence-electron chi connectivity index (χ1n) is 11.8. The number of rotatable bonds is 16. The van der Waals surface area contributed by atoms with E-state index in [1.54, 1.807) is 0 Å². The standard InChI is InChI=1S/C22H34N4O6S2/c1-2-33-17-13-19(28)26(21(17)29)8-10-32-12-11-31-9-7-23-18(27)6-4-3-5-16-20-15(14-34-16)24-22(30)25-20/h13,15-16,20H,2-12,14H2,1H3,(H,23,27)(H2,24,25,30)/t15?,16-,20-/m0/s1. The number of hydrogen-bond donors (Lipinski definition) is 3. The molecule has 0 radical (unpaired) electrons. The summed E-state index contributed by atoms with van der Waals surface area (Å²) >= 11 is 3.26. The molecule has 0 saturated carbocycles. The van der Waals surface area contributed by atoms with E-state index in [0.717, 1.165) is 30.8 Å². The average Bonchev–Trinajstić information content (AvgIpc) is 3.44. The number of carbonyl (C=O) groups excluding carboxylic acids is 4. The summed E-state index contributed by atoms with van der Waals surface area (Å²) in [5.74, 6) is 1.17. The van der Waals surface area contributed by atoms with Gasteiger partial charge in [-0.15, -0.1) is 11.8 Å². The summed E-state index contributed by atoms with van der Waals surface area (Å²) in [7, 11) is 0. The predicted octanol–water partition coefficient (Wildman–Crippen LogP) is 0.867. The van der Waals surface area contributed by atoms with E-state index < -0.39 is 0 Å². The van der Waals surface area contributed by atoms with Gasteiger partial charge in [0, 0.05) is 30.0 Å². The number of carbonyl (C=O) groups is 4. The molecule has 3 rings (SSSR count). The van der Waals surface area contributed by atoms with Gasteiger partial charge in [0.05, 0.1) is 50.0 Å². The SMILES string of the molecule is CCSC1=CC(=O)N(CCOCCOCCNC(=O)CCCC[C@@H]2SCC3NC(=O)N[C@@H]32)C1=O. The lowest BCUT2D eigenvalue weighted by atomic mass is 10.0. The fraction of sp³-hybridized carbons (Fsp3) is 0.727. The van der Waals surface area contributed by atoms with Crippen LogP contribution >= 0.6 is 23.5 Å². The van der Waals surface area contributed by atoms with Gasteiger partial charge in [-0.3, -0.25) is 19.3 Å². The van der Waals surface area contributed by atoms with Crippen molar-refractivity contribution in [3.8, 4) is 0 Å². The summed E-state index contributed by atoms with van der Waals surface area (Å²) < 4.78 is 10.9. The van der Waals surface area contributed by atoms with E-state index in [2.05, 4.69) is 16.0 Å². The van der Waals surface area contributed by atoms with Gasteiger partial charge < -0.3 is 25.4 Å². The van der Waals surface area contributed by atoms with Gasteiger partial charge in [-0.05, 0) is 18.6 Å². The van der Waals surface area contributed by atoms with Crippen LogP contribution in [0.5, 0.6) is 0 Å². The fourth-order valence-electron chi connectivity index (χ4n) is 4.06. The van der Waals surface area contributed by atoms with Crippen LogP contribution in [0.4, 0.5) is 4.79 Å². The molecule has 3 heterocycles. The van der Waals surface area contributed by atoms with Crippen LogP contribution in [0.3, 0.4) is 0 Å². The van der Waals surface area contributed by atoms with E-state index in [1.165, 1.54) is 22.7 Å². The molecule has 0 spiro atoms. The quantitative estimate of drug-likeness (QED) is 0.157. The third-order valence-corrected chi connectivity index (χ3v) is 8.16. The minimum atomic E-state index is -0.290. The van der Waals surface area contributed by atoms with E-state index in [9.17, 15) is 19.2 Å². The molecular formula is C22H34N4O6S2. The molecular weight excluding hydrogens is 480 g/mol. The first-order valence-corrected chi connectivity index (χ1v) is 13.8. The van der Waals surface area contributed by atoms with Crippen molar-refractivity contribution in [1.82, 2.24) is 20.9 Å². The van der Waals surface area contributed by atoms with E-state index in [-0.39, 0.29) is 49.0 Å².